The first kappa shape index (κ1) is 9.15. The van der Waals surface area contributed by atoms with E-state index >= 15 is 0 Å². The van der Waals surface area contributed by atoms with Crippen LogP contribution in [-0.2, 0) is 0 Å². The summed E-state index contributed by atoms with van der Waals surface area (Å²) in [5, 5.41) is 0. The summed E-state index contributed by atoms with van der Waals surface area (Å²) in [6.07, 6.45) is 3.40. The average molecular weight is 250 g/mol. The molecule has 0 atom stereocenters. The van der Waals surface area contributed by atoms with Crippen LogP contribution in [-0.4, -0.2) is 9.97 Å². The van der Waals surface area contributed by atoms with E-state index in [9.17, 15) is 0 Å². The first-order valence-electron chi connectivity index (χ1n) is 4.10. The van der Waals surface area contributed by atoms with E-state index in [1.165, 1.54) is 0 Å². The van der Waals surface area contributed by atoms with E-state index < -0.39 is 0 Å². The molecule has 14 heavy (non-hydrogen) atoms. The molecule has 3 nitrogen and oxygen atoms in total. The van der Waals surface area contributed by atoms with Crippen LogP contribution in [0.5, 0.6) is 0 Å². The number of halogens is 1. The number of nitrogen functional groups attached to an aromatic ring is 1. The lowest BCUT2D eigenvalue weighted by Gasteiger charge is -2.02. The highest BCUT2D eigenvalue weighted by atomic mass is 79.9. The molecule has 0 aliphatic carbocycles. The van der Waals surface area contributed by atoms with Gasteiger partial charge in [-0.3, -0.25) is 4.98 Å². The summed E-state index contributed by atoms with van der Waals surface area (Å²) >= 11 is 3.33. The van der Waals surface area contributed by atoms with Gasteiger partial charge in [0.1, 0.15) is 5.82 Å². The molecule has 0 spiro atoms. The maximum atomic E-state index is 5.73. The fourth-order valence-corrected chi connectivity index (χ4v) is 1.40. The van der Waals surface area contributed by atoms with Crippen LogP contribution in [0, 0.1) is 0 Å². The Morgan fingerprint density at radius 2 is 2.00 bits per heavy atom. The van der Waals surface area contributed by atoms with Gasteiger partial charge in [-0.15, -0.1) is 0 Å². The molecule has 0 bridgehead atoms. The van der Waals surface area contributed by atoms with E-state index in [0.717, 1.165) is 15.7 Å². The van der Waals surface area contributed by atoms with Gasteiger partial charge in [0.05, 0.1) is 5.69 Å². The van der Waals surface area contributed by atoms with Crippen molar-refractivity contribution in [3.05, 3.63) is 41.1 Å². The summed E-state index contributed by atoms with van der Waals surface area (Å²) < 4.78 is 0.948. The summed E-state index contributed by atoms with van der Waals surface area (Å²) in [6, 6.07) is 7.57. The lowest BCUT2D eigenvalue weighted by atomic mass is 10.2. The molecule has 0 radical (unpaired) electrons. The number of anilines is 1. The SMILES string of the molecule is Nc1ncccc1-c1ccc(Br)cn1. The maximum Gasteiger partial charge on any atom is 0.132 e. The molecule has 4 heteroatoms. The molecule has 2 aromatic rings. The molecule has 0 fully saturated rings. The number of aromatic nitrogens is 2. The molecule has 70 valence electrons. The van der Waals surface area contributed by atoms with Crippen LogP contribution in [0.15, 0.2) is 41.1 Å². The van der Waals surface area contributed by atoms with E-state index in [-0.39, 0.29) is 0 Å². The third-order valence-corrected chi connectivity index (χ3v) is 2.31. The van der Waals surface area contributed by atoms with Crippen molar-refractivity contribution in [2.24, 2.45) is 0 Å². The minimum atomic E-state index is 0.502. The zero-order valence-corrected chi connectivity index (χ0v) is 8.90. The first-order valence-corrected chi connectivity index (χ1v) is 4.89. The van der Waals surface area contributed by atoms with Crippen LogP contribution in [0.3, 0.4) is 0 Å². The van der Waals surface area contributed by atoms with Gasteiger partial charge < -0.3 is 5.73 Å². The second-order valence-electron chi connectivity index (χ2n) is 2.80. The maximum absolute atomic E-state index is 5.73. The van der Waals surface area contributed by atoms with Crippen molar-refractivity contribution in [1.82, 2.24) is 9.97 Å². The van der Waals surface area contributed by atoms with Crippen molar-refractivity contribution < 1.29 is 0 Å². The Bertz CT molecular complexity index is 439. The molecule has 2 heterocycles. The molecule has 0 saturated carbocycles. The third-order valence-electron chi connectivity index (χ3n) is 1.84. The molecule has 0 unspecified atom stereocenters. The Balaban J connectivity index is 2.50. The molecular weight excluding hydrogens is 242 g/mol. The minimum Gasteiger partial charge on any atom is -0.383 e. The normalized spacial score (nSPS) is 10.1. The number of rotatable bonds is 1. The van der Waals surface area contributed by atoms with E-state index in [4.69, 9.17) is 5.73 Å². The monoisotopic (exact) mass is 249 g/mol. The van der Waals surface area contributed by atoms with Gasteiger partial charge in [-0.1, -0.05) is 0 Å². The van der Waals surface area contributed by atoms with E-state index in [2.05, 4.69) is 25.9 Å². The molecule has 0 aliphatic heterocycles. The van der Waals surface area contributed by atoms with Crippen LogP contribution in [0.4, 0.5) is 5.82 Å². The highest BCUT2D eigenvalue weighted by Crippen LogP contribution is 2.22. The molecule has 0 amide bonds. The number of nitrogens with zero attached hydrogens (tertiary/aromatic N) is 2. The quantitative estimate of drug-likeness (QED) is 0.845. The van der Waals surface area contributed by atoms with Gasteiger partial charge in [0.25, 0.3) is 0 Å². The van der Waals surface area contributed by atoms with Gasteiger partial charge in [-0.05, 0) is 40.2 Å². The first-order chi connectivity index (χ1) is 6.77. The summed E-state index contributed by atoms with van der Waals surface area (Å²) in [7, 11) is 0. The van der Waals surface area contributed by atoms with Gasteiger partial charge in [0.2, 0.25) is 0 Å². The number of hydrogen-bond donors (Lipinski definition) is 1. The molecule has 2 aromatic heterocycles. The van der Waals surface area contributed by atoms with Crippen LogP contribution in [0.25, 0.3) is 11.3 Å². The number of nitrogens with two attached hydrogens (primary N) is 1. The Labute approximate surface area is 90.1 Å². The van der Waals surface area contributed by atoms with Gasteiger partial charge in [0, 0.05) is 22.4 Å². The molecule has 0 aliphatic rings. The fourth-order valence-electron chi connectivity index (χ4n) is 1.17. The summed E-state index contributed by atoms with van der Waals surface area (Å²) in [6.45, 7) is 0. The Kier molecular flexibility index (Phi) is 2.45. The number of hydrogen-bond acceptors (Lipinski definition) is 3. The predicted molar refractivity (Wildman–Crippen MR) is 59.6 cm³/mol. The second kappa shape index (κ2) is 3.75. The van der Waals surface area contributed by atoms with Crippen LogP contribution >= 0.6 is 15.9 Å². The van der Waals surface area contributed by atoms with Gasteiger partial charge in [0.15, 0.2) is 0 Å². The number of pyridine rings is 2. The topological polar surface area (TPSA) is 51.8 Å². The summed E-state index contributed by atoms with van der Waals surface area (Å²) in [5.41, 5.74) is 7.42. The van der Waals surface area contributed by atoms with E-state index in [1.807, 2.05) is 24.3 Å². The molecule has 0 saturated heterocycles. The standard InChI is InChI=1S/C10H8BrN3/c11-7-3-4-9(14-6-7)8-2-1-5-13-10(8)12/h1-6H,(H2,12,13). The Morgan fingerprint density at radius 1 is 1.14 bits per heavy atom. The zero-order valence-electron chi connectivity index (χ0n) is 7.31. The lowest BCUT2D eigenvalue weighted by Crippen LogP contribution is -1.94. The van der Waals surface area contributed by atoms with Gasteiger partial charge in [-0.25, -0.2) is 4.98 Å². The van der Waals surface area contributed by atoms with Crippen molar-refractivity contribution in [1.29, 1.82) is 0 Å². The second-order valence-corrected chi connectivity index (χ2v) is 3.71. The van der Waals surface area contributed by atoms with Gasteiger partial charge >= 0.3 is 0 Å². The summed E-state index contributed by atoms with van der Waals surface area (Å²) in [4.78, 5) is 8.25. The third kappa shape index (κ3) is 1.75. The fraction of sp³-hybridized carbons (Fsp3) is 0. The largest absolute Gasteiger partial charge is 0.383 e. The van der Waals surface area contributed by atoms with Crippen LogP contribution in [0.2, 0.25) is 0 Å². The zero-order chi connectivity index (χ0) is 9.97. The smallest absolute Gasteiger partial charge is 0.132 e. The highest BCUT2D eigenvalue weighted by Gasteiger charge is 2.02. The average Bonchev–Trinajstić information content (AvgIpc) is 2.20. The highest BCUT2D eigenvalue weighted by molar-refractivity contribution is 9.10. The predicted octanol–water partition coefficient (Wildman–Crippen LogP) is 2.49. The van der Waals surface area contributed by atoms with Crippen LogP contribution in [0.1, 0.15) is 0 Å². The van der Waals surface area contributed by atoms with Crippen molar-refractivity contribution in [2.75, 3.05) is 5.73 Å². The lowest BCUT2D eigenvalue weighted by molar-refractivity contribution is 1.27. The molecular formula is C10H8BrN3. The van der Waals surface area contributed by atoms with E-state index in [1.54, 1.807) is 12.4 Å². The molecule has 2 rings (SSSR count). The van der Waals surface area contributed by atoms with Crippen molar-refractivity contribution in [2.45, 2.75) is 0 Å². The van der Waals surface area contributed by atoms with Gasteiger partial charge in [-0.2, -0.15) is 0 Å². The molecule has 0 aromatic carbocycles. The van der Waals surface area contributed by atoms with Crippen molar-refractivity contribution in [3.8, 4) is 11.3 Å². The Hall–Kier alpha value is -1.42. The Morgan fingerprint density at radius 3 is 2.64 bits per heavy atom. The molecule has 2 N–H and O–H groups in total. The van der Waals surface area contributed by atoms with Crippen molar-refractivity contribution >= 4 is 21.7 Å². The minimum absolute atomic E-state index is 0.502. The van der Waals surface area contributed by atoms with Crippen LogP contribution < -0.4 is 5.73 Å². The summed E-state index contributed by atoms with van der Waals surface area (Å²) in [5.74, 6) is 0.502. The van der Waals surface area contributed by atoms with E-state index in [0.29, 0.717) is 5.82 Å². The van der Waals surface area contributed by atoms with Crippen molar-refractivity contribution in [3.63, 3.8) is 0 Å².